The number of aromatic nitrogens is 3. The predicted octanol–water partition coefficient (Wildman–Crippen LogP) is 5.15. The highest BCUT2D eigenvalue weighted by atomic mass is 79.9. The molecule has 7 nitrogen and oxygen atoms in total. The topological polar surface area (TPSA) is 90.0 Å². The van der Waals surface area contributed by atoms with Crippen molar-refractivity contribution in [2.45, 2.75) is 33.7 Å². The average molecular weight is 507 g/mol. The van der Waals surface area contributed by atoms with Gasteiger partial charge in [-0.1, -0.05) is 40.1 Å². The normalized spacial score (nSPS) is 10.9. The van der Waals surface area contributed by atoms with E-state index >= 15 is 0 Å². The van der Waals surface area contributed by atoms with Crippen molar-refractivity contribution in [3.63, 3.8) is 0 Å². The van der Waals surface area contributed by atoms with E-state index in [9.17, 15) is 9.59 Å². The van der Waals surface area contributed by atoms with Crippen molar-refractivity contribution in [3.8, 4) is 22.8 Å². The number of hydrogen-bond donors (Lipinski definition) is 1. The lowest BCUT2D eigenvalue weighted by Crippen LogP contribution is -2.30. The van der Waals surface area contributed by atoms with Crippen LogP contribution in [0.3, 0.4) is 0 Å². The first-order valence-electron chi connectivity index (χ1n) is 10.6. The number of rotatable bonds is 6. The summed E-state index contributed by atoms with van der Waals surface area (Å²) in [7, 11) is 0. The first kappa shape index (κ1) is 22.7. The lowest BCUT2D eigenvalue weighted by molar-refractivity contribution is -0.116. The lowest BCUT2D eigenvalue weighted by Gasteiger charge is -2.13. The monoisotopic (exact) mass is 506 g/mol. The van der Waals surface area contributed by atoms with Crippen LogP contribution in [0, 0.1) is 13.8 Å². The zero-order valence-electron chi connectivity index (χ0n) is 18.6. The molecule has 4 rings (SSSR count). The molecule has 8 heteroatoms. The number of hydrogen-bond acceptors (Lipinski definition) is 5. The third-order valence-electron chi connectivity index (χ3n) is 5.39. The largest absolute Gasteiger partial charge is 0.333 e. The Balaban J connectivity index is 1.61. The molecule has 0 saturated carbocycles. The standard InChI is InChI=1S/C25H23BrN4O3/c1-4-17-5-11-20(12-6-17)27-21(31)14-30-16(3)13-15(2)22(25(30)32)24-28-23(29-33-24)18-7-9-19(26)10-8-18/h5-13H,4,14H2,1-3H3,(H,27,31). The molecule has 0 aliphatic rings. The Bertz CT molecular complexity index is 1360. The van der Waals surface area contributed by atoms with Gasteiger partial charge in [0, 0.05) is 21.4 Å². The molecule has 0 bridgehead atoms. The van der Waals surface area contributed by atoms with Crippen LogP contribution in [0.4, 0.5) is 5.69 Å². The van der Waals surface area contributed by atoms with E-state index in [4.69, 9.17) is 4.52 Å². The number of pyridine rings is 1. The van der Waals surface area contributed by atoms with Gasteiger partial charge in [0.05, 0.1) is 0 Å². The number of benzene rings is 2. The van der Waals surface area contributed by atoms with Gasteiger partial charge in [-0.2, -0.15) is 4.98 Å². The fraction of sp³-hybridized carbons (Fsp3) is 0.200. The third kappa shape index (κ3) is 4.96. The Morgan fingerprint density at radius 1 is 1.09 bits per heavy atom. The van der Waals surface area contributed by atoms with Crippen molar-refractivity contribution in [3.05, 3.63) is 86.2 Å². The van der Waals surface area contributed by atoms with Gasteiger partial charge in [0.1, 0.15) is 12.1 Å². The van der Waals surface area contributed by atoms with Crippen molar-refractivity contribution in [1.29, 1.82) is 0 Å². The van der Waals surface area contributed by atoms with Crippen LogP contribution in [0.1, 0.15) is 23.7 Å². The van der Waals surface area contributed by atoms with Gasteiger partial charge >= 0.3 is 0 Å². The highest BCUT2D eigenvalue weighted by molar-refractivity contribution is 9.10. The second-order valence-corrected chi connectivity index (χ2v) is 8.68. The van der Waals surface area contributed by atoms with Gasteiger partial charge in [-0.15, -0.1) is 0 Å². The molecule has 0 saturated heterocycles. The Morgan fingerprint density at radius 2 is 1.79 bits per heavy atom. The first-order chi connectivity index (χ1) is 15.9. The predicted molar refractivity (Wildman–Crippen MR) is 131 cm³/mol. The van der Waals surface area contributed by atoms with Gasteiger partial charge in [0.2, 0.25) is 11.7 Å². The van der Waals surface area contributed by atoms with Crippen molar-refractivity contribution in [1.82, 2.24) is 14.7 Å². The molecule has 2 aromatic carbocycles. The summed E-state index contributed by atoms with van der Waals surface area (Å²) in [5, 5.41) is 6.88. The summed E-state index contributed by atoms with van der Waals surface area (Å²) in [6, 6.07) is 17.0. The Labute approximate surface area is 199 Å². The molecule has 0 unspecified atom stereocenters. The fourth-order valence-electron chi connectivity index (χ4n) is 3.59. The maximum atomic E-state index is 13.3. The Hall–Kier alpha value is -3.52. The number of carbonyl (C=O) groups is 1. The molecular weight excluding hydrogens is 484 g/mol. The van der Waals surface area contributed by atoms with E-state index < -0.39 is 0 Å². The van der Waals surface area contributed by atoms with Crippen molar-refractivity contribution < 1.29 is 9.32 Å². The molecule has 0 radical (unpaired) electrons. The summed E-state index contributed by atoms with van der Waals surface area (Å²) in [4.78, 5) is 30.4. The molecule has 4 aromatic rings. The van der Waals surface area contributed by atoms with Crippen LogP contribution in [-0.4, -0.2) is 20.6 Å². The second kappa shape index (κ2) is 9.54. The Morgan fingerprint density at radius 3 is 2.45 bits per heavy atom. The number of anilines is 1. The average Bonchev–Trinajstić information content (AvgIpc) is 3.27. The fourth-order valence-corrected chi connectivity index (χ4v) is 3.86. The quantitative estimate of drug-likeness (QED) is 0.390. The molecule has 33 heavy (non-hydrogen) atoms. The molecule has 1 amide bonds. The molecule has 0 aliphatic heterocycles. The van der Waals surface area contributed by atoms with Gasteiger partial charge in [-0.05, 0) is 73.9 Å². The van der Waals surface area contributed by atoms with Gasteiger partial charge in [-0.3, -0.25) is 9.59 Å². The second-order valence-electron chi connectivity index (χ2n) is 7.76. The minimum atomic E-state index is -0.352. The SMILES string of the molecule is CCc1ccc(NC(=O)Cn2c(C)cc(C)c(-c3nc(-c4ccc(Br)cc4)no3)c2=O)cc1. The number of amides is 1. The Kier molecular flexibility index (Phi) is 6.55. The summed E-state index contributed by atoms with van der Waals surface area (Å²) in [5.41, 5.74) is 3.95. The van der Waals surface area contributed by atoms with E-state index in [1.807, 2.05) is 61.5 Å². The maximum Gasteiger partial charge on any atom is 0.264 e. The molecule has 0 atom stereocenters. The van der Waals surface area contributed by atoms with Crippen LogP contribution in [0.15, 0.2) is 68.4 Å². The number of nitrogens with zero attached hydrogens (tertiary/aromatic N) is 3. The highest BCUT2D eigenvalue weighted by Crippen LogP contribution is 2.24. The van der Waals surface area contributed by atoms with Gasteiger partial charge in [0.25, 0.3) is 11.4 Å². The number of aryl methyl sites for hydroxylation is 3. The van der Waals surface area contributed by atoms with Crippen LogP contribution >= 0.6 is 15.9 Å². The number of carbonyl (C=O) groups excluding carboxylic acids is 1. The van der Waals surface area contributed by atoms with Crippen molar-refractivity contribution >= 4 is 27.5 Å². The molecule has 168 valence electrons. The van der Waals surface area contributed by atoms with Crippen molar-refractivity contribution in [2.75, 3.05) is 5.32 Å². The summed E-state index contributed by atoms with van der Waals surface area (Å²) in [6.45, 7) is 5.56. The first-order valence-corrected chi connectivity index (χ1v) is 11.3. The van der Waals surface area contributed by atoms with Crippen molar-refractivity contribution in [2.24, 2.45) is 0 Å². The molecule has 2 heterocycles. The summed E-state index contributed by atoms with van der Waals surface area (Å²) in [5.74, 6) is 0.219. The molecule has 2 aromatic heterocycles. The van der Waals surface area contributed by atoms with E-state index in [-0.39, 0.29) is 29.5 Å². The van der Waals surface area contributed by atoms with E-state index in [1.54, 1.807) is 6.92 Å². The summed E-state index contributed by atoms with van der Waals surface area (Å²) < 4.78 is 7.78. The summed E-state index contributed by atoms with van der Waals surface area (Å²) in [6.07, 6.45) is 0.925. The lowest BCUT2D eigenvalue weighted by atomic mass is 10.1. The molecule has 0 spiro atoms. The molecule has 1 N–H and O–H groups in total. The highest BCUT2D eigenvalue weighted by Gasteiger charge is 2.20. The minimum absolute atomic E-state index is 0.124. The van der Waals surface area contributed by atoms with E-state index in [2.05, 4.69) is 38.3 Å². The maximum absolute atomic E-state index is 13.3. The van der Waals surface area contributed by atoms with Gasteiger partial charge < -0.3 is 14.4 Å². The van der Waals surface area contributed by atoms with Crippen LogP contribution in [0.5, 0.6) is 0 Å². The third-order valence-corrected chi connectivity index (χ3v) is 5.92. The molecule has 0 aliphatic carbocycles. The van der Waals surface area contributed by atoms with Crippen LogP contribution < -0.4 is 10.9 Å². The zero-order chi connectivity index (χ0) is 23.5. The number of nitrogens with one attached hydrogen (secondary N) is 1. The minimum Gasteiger partial charge on any atom is -0.333 e. The van der Waals surface area contributed by atoms with E-state index in [0.29, 0.717) is 22.8 Å². The van der Waals surface area contributed by atoms with E-state index in [1.165, 1.54) is 10.1 Å². The van der Waals surface area contributed by atoms with E-state index in [0.717, 1.165) is 16.5 Å². The smallest absolute Gasteiger partial charge is 0.264 e. The van der Waals surface area contributed by atoms with Crippen LogP contribution in [-0.2, 0) is 17.8 Å². The number of halogens is 1. The van der Waals surface area contributed by atoms with Gasteiger partial charge in [-0.25, -0.2) is 0 Å². The van der Waals surface area contributed by atoms with Crippen LogP contribution in [0.2, 0.25) is 0 Å². The molecule has 0 fully saturated rings. The molecular formula is C25H23BrN4O3. The zero-order valence-corrected chi connectivity index (χ0v) is 20.1. The summed E-state index contributed by atoms with van der Waals surface area (Å²) >= 11 is 3.40. The van der Waals surface area contributed by atoms with Gasteiger partial charge in [0.15, 0.2) is 0 Å². The van der Waals surface area contributed by atoms with Crippen LogP contribution in [0.25, 0.3) is 22.8 Å².